The van der Waals surface area contributed by atoms with Crippen molar-refractivity contribution in [2.75, 3.05) is 5.32 Å². The molecular formula is C11H14N2O. The number of primary amides is 1. The van der Waals surface area contributed by atoms with Crippen molar-refractivity contribution in [3.05, 3.63) is 29.8 Å². The van der Waals surface area contributed by atoms with Crippen molar-refractivity contribution < 1.29 is 4.79 Å². The van der Waals surface area contributed by atoms with Crippen molar-refractivity contribution in [2.24, 2.45) is 5.73 Å². The Morgan fingerprint density at radius 2 is 2.21 bits per heavy atom. The van der Waals surface area contributed by atoms with Crippen molar-refractivity contribution in [3.63, 3.8) is 0 Å². The zero-order chi connectivity index (χ0) is 9.97. The van der Waals surface area contributed by atoms with Gasteiger partial charge in [-0.3, -0.25) is 4.79 Å². The molecule has 1 aromatic carbocycles. The SMILES string of the molecule is NC(=O)[C@H]1CCCc2ccccc2N1. The lowest BCUT2D eigenvalue weighted by Crippen LogP contribution is -2.34. The fraction of sp³-hybridized carbons (Fsp3) is 0.364. The number of aryl methyl sites for hydroxylation is 1. The Kier molecular flexibility index (Phi) is 2.39. The van der Waals surface area contributed by atoms with Crippen molar-refractivity contribution in [1.82, 2.24) is 0 Å². The lowest BCUT2D eigenvalue weighted by atomic mass is 10.1. The molecule has 1 aromatic rings. The number of amides is 1. The van der Waals surface area contributed by atoms with Gasteiger partial charge >= 0.3 is 0 Å². The van der Waals surface area contributed by atoms with E-state index in [1.54, 1.807) is 0 Å². The van der Waals surface area contributed by atoms with Gasteiger partial charge in [-0.25, -0.2) is 0 Å². The van der Waals surface area contributed by atoms with Crippen LogP contribution >= 0.6 is 0 Å². The molecule has 0 fully saturated rings. The van der Waals surface area contributed by atoms with Crippen LogP contribution < -0.4 is 11.1 Å². The Bertz CT molecular complexity index is 349. The van der Waals surface area contributed by atoms with Gasteiger partial charge in [-0.1, -0.05) is 18.2 Å². The normalized spacial score (nSPS) is 20.4. The standard InChI is InChI=1S/C11H14N2O/c12-11(14)10-7-3-5-8-4-1-2-6-9(8)13-10/h1-2,4,6,10,13H,3,5,7H2,(H2,12,14)/t10-/m1/s1. The molecule has 1 amide bonds. The third kappa shape index (κ3) is 1.71. The van der Waals surface area contributed by atoms with Gasteiger partial charge in [0.2, 0.25) is 5.91 Å². The number of anilines is 1. The highest BCUT2D eigenvalue weighted by Crippen LogP contribution is 2.23. The lowest BCUT2D eigenvalue weighted by molar-refractivity contribution is -0.118. The van der Waals surface area contributed by atoms with E-state index in [0.29, 0.717) is 0 Å². The van der Waals surface area contributed by atoms with Gasteiger partial charge in [0.1, 0.15) is 6.04 Å². The van der Waals surface area contributed by atoms with E-state index >= 15 is 0 Å². The molecule has 3 nitrogen and oxygen atoms in total. The Morgan fingerprint density at radius 1 is 1.43 bits per heavy atom. The Balaban J connectivity index is 2.26. The fourth-order valence-corrected chi connectivity index (χ4v) is 1.85. The van der Waals surface area contributed by atoms with E-state index < -0.39 is 0 Å². The van der Waals surface area contributed by atoms with Crippen molar-refractivity contribution in [3.8, 4) is 0 Å². The van der Waals surface area contributed by atoms with Crippen molar-refractivity contribution >= 4 is 11.6 Å². The lowest BCUT2D eigenvalue weighted by Gasteiger charge is -2.13. The highest BCUT2D eigenvalue weighted by Gasteiger charge is 2.19. The first kappa shape index (κ1) is 9.06. The first-order valence-electron chi connectivity index (χ1n) is 4.91. The highest BCUT2D eigenvalue weighted by atomic mass is 16.1. The summed E-state index contributed by atoms with van der Waals surface area (Å²) in [7, 11) is 0. The second-order valence-electron chi connectivity index (χ2n) is 3.65. The average molecular weight is 190 g/mol. The van der Waals surface area contributed by atoms with Crippen LogP contribution in [0.25, 0.3) is 0 Å². The maximum atomic E-state index is 11.1. The third-order valence-corrected chi connectivity index (χ3v) is 2.63. The van der Waals surface area contributed by atoms with Gasteiger partial charge < -0.3 is 11.1 Å². The molecule has 0 aromatic heterocycles. The number of hydrogen-bond donors (Lipinski definition) is 2. The van der Waals surface area contributed by atoms with Gasteiger partial charge in [-0.15, -0.1) is 0 Å². The predicted molar refractivity (Wildman–Crippen MR) is 56.0 cm³/mol. The minimum absolute atomic E-state index is 0.210. The Morgan fingerprint density at radius 3 is 3.00 bits per heavy atom. The first-order valence-corrected chi connectivity index (χ1v) is 4.91. The number of nitrogens with two attached hydrogens (primary N) is 1. The van der Waals surface area contributed by atoms with Crippen LogP contribution in [0.15, 0.2) is 24.3 Å². The van der Waals surface area contributed by atoms with Crippen LogP contribution in [-0.4, -0.2) is 11.9 Å². The molecule has 1 aliphatic rings. The van der Waals surface area contributed by atoms with Gasteiger partial charge in [-0.2, -0.15) is 0 Å². The summed E-state index contributed by atoms with van der Waals surface area (Å²) in [6, 6.07) is 7.86. The smallest absolute Gasteiger partial charge is 0.239 e. The highest BCUT2D eigenvalue weighted by molar-refractivity contribution is 5.83. The summed E-state index contributed by atoms with van der Waals surface area (Å²) in [5, 5.41) is 3.18. The average Bonchev–Trinajstić information content (AvgIpc) is 2.39. The molecule has 0 aliphatic carbocycles. The number of benzene rings is 1. The van der Waals surface area contributed by atoms with Crippen LogP contribution in [0, 0.1) is 0 Å². The van der Waals surface area contributed by atoms with Gasteiger partial charge in [0.15, 0.2) is 0 Å². The molecule has 3 heteroatoms. The van der Waals surface area contributed by atoms with E-state index in [1.165, 1.54) is 5.56 Å². The van der Waals surface area contributed by atoms with Gasteiger partial charge in [0, 0.05) is 5.69 Å². The van der Waals surface area contributed by atoms with Crippen molar-refractivity contribution in [1.29, 1.82) is 0 Å². The maximum absolute atomic E-state index is 11.1. The van der Waals surface area contributed by atoms with E-state index in [2.05, 4.69) is 11.4 Å². The molecule has 0 saturated carbocycles. The maximum Gasteiger partial charge on any atom is 0.239 e. The molecule has 0 saturated heterocycles. The van der Waals surface area contributed by atoms with Gasteiger partial charge in [0.25, 0.3) is 0 Å². The quantitative estimate of drug-likeness (QED) is 0.701. The number of nitrogens with one attached hydrogen (secondary N) is 1. The molecular weight excluding hydrogens is 176 g/mol. The summed E-state index contributed by atoms with van der Waals surface area (Å²) < 4.78 is 0. The number of hydrogen-bond acceptors (Lipinski definition) is 2. The molecule has 0 radical (unpaired) electrons. The van der Waals surface area contributed by atoms with Gasteiger partial charge in [-0.05, 0) is 30.9 Å². The second kappa shape index (κ2) is 3.70. The molecule has 2 rings (SSSR count). The van der Waals surface area contributed by atoms with Crippen LogP contribution in [0.5, 0.6) is 0 Å². The largest absolute Gasteiger partial charge is 0.373 e. The zero-order valence-corrected chi connectivity index (χ0v) is 7.99. The minimum atomic E-state index is -0.262. The van der Waals surface area contributed by atoms with E-state index in [9.17, 15) is 4.79 Å². The molecule has 0 unspecified atom stereocenters. The fourth-order valence-electron chi connectivity index (χ4n) is 1.85. The molecule has 0 spiro atoms. The summed E-state index contributed by atoms with van der Waals surface area (Å²) in [5.74, 6) is -0.262. The monoisotopic (exact) mass is 190 g/mol. The summed E-state index contributed by atoms with van der Waals surface area (Å²) in [6.45, 7) is 0. The molecule has 1 heterocycles. The number of carbonyl (C=O) groups excluding carboxylic acids is 1. The van der Waals surface area contributed by atoms with Gasteiger partial charge in [0.05, 0.1) is 0 Å². The molecule has 0 bridgehead atoms. The Labute approximate surface area is 83.3 Å². The third-order valence-electron chi connectivity index (χ3n) is 2.63. The summed E-state index contributed by atoms with van der Waals surface area (Å²) in [4.78, 5) is 11.1. The predicted octanol–water partition coefficient (Wildman–Crippen LogP) is 1.29. The molecule has 14 heavy (non-hydrogen) atoms. The summed E-state index contributed by atoms with van der Waals surface area (Å²) >= 11 is 0. The van der Waals surface area contributed by atoms with E-state index in [1.807, 2.05) is 18.2 Å². The number of fused-ring (bicyclic) bond motifs is 1. The summed E-state index contributed by atoms with van der Waals surface area (Å²) in [6.07, 6.45) is 2.86. The van der Waals surface area contributed by atoms with Crippen LogP contribution in [0.1, 0.15) is 18.4 Å². The van der Waals surface area contributed by atoms with E-state index in [-0.39, 0.29) is 11.9 Å². The molecule has 1 atom stereocenters. The van der Waals surface area contributed by atoms with E-state index in [0.717, 1.165) is 24.9 Å². The summed E-state index contributed by atoms with van der Waals surface area (Å²) in [5.41, 5.74) is 7.62. The van der Waals surface area contributed by atoms with Crippen LogP contribution in [0.4, 0.5) is 5.69 Å². The number of carbonyl (C=O) groups is 1. The van der Waals surface area contributed by atoms with Crippen LogP contribution in [-0.2, 0) is 11.2 Å². The number of rotatable bonds is 1. The van der Waals surface area contributed by atoms with E-state index in [4.69, 9.17) is 5.73 Å². The topological polar surface area (TPSA) is 55.1 Å². The molecule has 3 N–H and O–H groups in total. The Hall–Kier alpha value is -1.51. The zero-order valence-electron chi connectivity index (χ0n) is 7.99. The minimum Gasteiger partial charge on any atom is -0.373 e. The molecule has 74 valence electrons. The van der Waals surface area contributed by atoms with Crippen molar-refractivity contribution in [2.45, 2.75) is 25.3 Å². The number of para-hydroxylation sites is 1. The molecule has 1 aliphatic heterocycles. The first-order chi connectivity index (χ1) is 6.77. The van der Waals surface area contributed by atoms with Crippen LogP contribution in [0.3, 0.4) is 0 Å². The second-order valence-corrected chi connectivity index (χ2v) is 3.65. The van der Waals surface area contributed by atoms with Crippen LogP contribution in [0.2, 0.25) is 0 Å².